The Hall–Kier alpha value is -1.97. The van der Waals surface area contributed by atoms with Crippen molar-refractivity contribution in [2.45, 2.75) is 26.2 Å². The molecule has 2 rings (SSSR count). The van der Waals surface area contributed by atoms with Gasteiger partial charge in [-0.3, -0.25) is 4.98 Å². The van der Waals surface area contributed by atoms with Gasteiger partial charge in [-0.15, -0.1) is 0 Å². The number of anilines is 1. The summed E-state index contributed by atoms with van der Waals surface area (Å²) in [6, 6.07) is 5.80. The highest BCUT2D eigenvalue weighted by Crippen LogP contribution is 2.10. The Morgan fingerprint density at radius 2 is 1.94 bits per heavy atom. The molecule has 2 N–H and O–H groups in total. The van der Waals surface area contributed by atoms with Gasteiger partial charge in [-0.2, -0.15) is 0 Å². The van der Waals surface area contributed by atoms with Crippen LogP contribution < -0.4 is 5.73 Å². The molecule has 4 nitrogen and oxygen atoms in total. The second-order valence-corrected chi connectivity index (χ2v) is 3.98. The molecule has 0 aromatic carbocycles. The van der Waals surface area contributed by atoms with Gasteiger partial charge < -0.3 is 5.73 Å². The quantitative estimate of drug-likeness (QED) is 0.869. The summed E-state index contributed by atoms with van der Waals surface area (Å²) in [6.45, 7) is 2.11. The minimum absolute atomic E-state index is 0.549. The number of pyridine rings is 1. The van der Waals surface area contributed by atoms with Gasteiger partial charge in [0.1, 0.15) is 11.6 Å². The van der Waals surface area contributed by atoms with Gasteiger partial charge in [0, 0.05) is 31.3 Å². The van der Waals surface area contributed by atoms with Crippen molar-refractivity contribution in [1.82, 2.24) is 15.0 Å². The summed E-state index contributed by atoms with van der Waals surface area (Å²) in [4.78, 5) is 12.7. The molecule has 0 unspecified atom stereocenters. The molecule has 4 heteroatoms. The van der Waals surface area contributed by atoms with E-state index in [0.717, 1.165) is 30.8 Å². The third kappa shape index (κ3) is 3.24. The fourth-order valence-corrected chi connectivity index (χ4v) is 1.71. The van der Waals surface area contributed by atoms with Crippen molar-refractivity contribution in [2.24, 2.45) is 0 Å². The number of rotatable bonds is 4. The number of nitrogens with two attached hydrogens (primary N) is 1. The van der Waals surface area contributed by atoms with Crippen molar-refractivity contribution in [2.75, 3.05) is 5.73 Å². The summed E-state index contributed by atoms with van der Waals surface area (Å²) in [5.41, 5.74) is 7.93. The minimum atomic E-state index is 0.549. The Kier molecular flexibility index (Phi) is 3.65. The van der Waals surface area contributed by atoms with Crippen molar-refractivity contribution in [3.8, 4) is 0 Å². The van der Waals surface area contributed by atoms with Gasteiger partial charge >= 0.3 is 0 Å². The van der Waals surface area contributed by atoms with Crippen LogP contribution in [-0.4, -0.2) is 15.0 Å². The van der Waals surface area contributed by atoms with E-state index >= 15 is 0 Å². The summed E-state index contributed by atoms with van der Waals surface area (Å²) < 4.78 is 0. The Morgan fingerprint density at radius 3 is 2.65 bits per heavy atom. The predicted octanol–water partition coefficient (Wildman–Crippen LogP) is 2.00. The van der Waals surface area contributed by atoms with E-state index in [2.05, 4.69) is 21.9 Å². The Balaban J connectivity index is 2.21. The maximum absolute atomic E-state index is 5.78. The first kappa shape index (κ1) is 11.5. The lowest BCUT2D eigenvalue weighted by atomic mass is 10.1. The number of nitrogen functional groups attached to an aromatic ring is 1. The Bertz CT molecular complexity index is 482. The molecule has 0 aliphatic heterocycles. The maximum atomic E-state index is 5.78. The summed E-state index contributed by atoms with van der Waals surface area (Å²) in [7, 11) is 0. The van der Waals surface area contributed by atoms with Crippen LogP contribution in [0.1, 0.15) is 30.4 Å². The second kappa shape index (κ2) is 5.39. The van der Waals surface area contributed by atoms with Gasteiger partial charge in [-0.25, -0.2) is 9.97 Å². The summed E-state index contributed by atoms with van der Waals surface area (Å²) in [5, 5.41) is 0. The molecule has 0 saturated carbocycles. The number of hydrogen-bond acceptors (Lipinski definition) is 4. The zero-order valence-electron chi connectivity index (χ0n) is 9.93. The molecule has 0 aliphatic carbocycles. The Labute approximate surface area is 101 Å². The summed E-state index contributed by atoms with van der Waals surface area (Å²) >= 11 is 0. The molecular weight excluding hydrogens is 212 g/mol. The topological polar surface area (TPSA) is 64.7 Å². The van der Waals surface area contributed by atoms with Crippen LogP contribution in [0.15, 0.2) is 30.6 Å². The standard InChI is InChI=1S/C13H16N4/c1-2-3-13-16-11(9-12(14)17-13)8-10-4-6-15-7-5-10/h4-7,9H,2-3,8H2,1H3,(H2,14,16,17). The van der Waals surface area contributed by atoms with Gasteiger partial charge in [0.15, 0.2) is 0 Å². The van der Waals surface area contributed by atoms with Gasteiger partial charge in [0.2, 0.25) is 0 Å². The van der Waals surface area contributed by atoms with Gasteiger partial charge in [0.05, 0.1) is 5.69 Å². The van der Waals surface area contributed by atoms with E-state index in [0.29, 0.717) is 5.82 Å². The van der Waals surface area contributed by atoms with Crippen molar-refractivity contribution in [1.29, 1.82) is 0 Å². The highest BCUT2D eigenvalue weighted by Gasteiger charge is 2.03. The van der Waals surface area contributed by atoms with Crippen molar-refractivity contribution in [3.05, 3.63) is 47.7 Å². The molecule has 2 heterocycles. The fourth-order valence-electron chi connectivity index (χ4n) is 1.71. The number of hydrogen-bond donors (Lipinski definition) is 1. The smallest absolute Gasteiger partial charge is 0.130 e. The fraction of sp³-hybridized carbons (Fsp3) is 0.308. The van der Waals surface area contributed by atoms with E-state index in [1.807, 2.05) is 18.2 Å². The Morgan fingerprint density at radius 1 is 1.18 bits per heavy atom. The lowest BCUT2D eigenvalue weighted by molar-refractivity contribution is 0.820. The van der Waals surface area contributed by atoms with Crippen LogP contribution in [0.25, 0.3) is 0 Å². The van der Waals surface area contributed by atoms with Crippen molar-refractivity contribution < 1.29 is 0 Å². The van der Waals surface area contributed by atoms with Crippen LogP contribution in [0.2, 0.25) is 0 Å². The monoisotopic (exact) mass is 228 g/mol. The zero-order chi connectivity index (χ0) is 12.1. The number of nitrogens with zero attached hydrogens (tertiary/aromatic N) is 3. The average molecular weight is 228 g/mol. The van der Waals surface area contributed by atoms with E-state index in [1.54, 1.807) is 12.4 Å². The third-order valence-corrected chi connectivity index (χ3v) is 2.45. The van der Waals surface area contributed by atoms with Crippen LogP contribution in [0.5, 0.6) is 0 Å². The molecule has 0 atom stereocenters. The van der Waals surface area contributed by atoms with E-state index < -0.39 is 0 Å². The predicted molar refractivity (Wildman–Crippen MR) is 67.5 cm³/mol. The molecule has 2 aromatic rings. The molecule has 88 valence electrons. The third-order valence-electron chi connectivity index (χ3n) is 2.45. The normalized spacial score (nSPS) is 10.4. The summed E-state index contributed by atoms with van der Waals surface area (Å²) in [6.07, 6.45) is 6.23. The van der Waals surface area contributed by atoms with E-state index in [9.17, 15) is 0 Å². The van der Waals surface area contributed by atoms with Crippen LogP contribution >= 0.6 is 0 Å². The molecule has 0 saturated heterocycles. The van der Waals surface area contributed by atoms with E-state index in [4.69, 9.17) is 5.73 Å². The second-order valence-electron chi connectivity index (χ2n) is 3.98. The molecule has 0 fully saturated rings. The van der Waals surface area contributed by atoms with Gasteiger partial charge in [-0.1, -0.05) is 6.92 Å². The molecule has 17 heavy (non-hydrogen) atoms. The molecule has 0 radical (unpaired) electrons. The van der Waals surface area contributed by atoms with E-state index in [1.165, 1.54) is 5.56 Å². The molecule has 0 bridgehead atoms. The SMILES string of the molecule is CCCc1nc(N)cc(Cc2ccncc2)n1. The highest BCUT2D eigenvalue weighted by atomic mass is 14.9. The first-order valence-corrected chi connectivity index (χ1v) is 5.79. The number of aromatic nitrogens is 3. The lowest BCUT2D eigenvalue weighted by Crippen LogP contribution is -2.03. The largest absolute Gasteiger partial charge is 0.384 e. The zero-order valence-corrected chi connectivity index (χ0v) is 9.93. The van der Waals surface area contributed by atoms with Crippen molar-refractivity contribution in [3.63, 3.8) is 0 Å². The summed E-state index contributed by atoms with van der Waals surface area (Å²) in [5.74, 6) is 1.38. The van der Waals surface area contributed by atoms with Crippen LogP contribution in [0.4, 0.5) is 5.82 Å². The van der Waals surface area contributed by atoms with Gasteiger partial charge in [0.25, 0.3) is 0 Å². The number of aryl methyl sites for hydroxylation is 1. The van der Waals surface area contributed by atoms with Crippen LogP contribution in [-0.2, 0) is 12.8 Å². The van der Waals surface area contributed by atoms with E-state index in [-0.39, 0.29) is 0 Å². The molecule has 2 aromatic heterocycles. The minimum Gasteiger partial charge on any atom is -0.384 e. The highest BCUT2D eigenvalue weighted by molar-refractivity contribution is 5.32. The van der Waals surface area contributed by atoms with Crippen molar-refractivity contribution >= 4 is 5.82 Å². The molecule has 0 spiro atoms. The van der Waals surface area contributed by atoms with Gasteiger partial charge in [-0.05, 0) is 24.1 Å². The van der Waals surface area contributed by atoms with Crippen LogP contribution in [0.3, 0.4) is 0 Å². The average Bonchev–Trinajstić information content (AvgIpc) is 2.30. The molecule has 0 amide bonds. The lowest BCUT2D eigenvalue weighted by Gasteiger charge is -2.05. The maximum Gasteiger partial charge on any atom is 0.130 e. The molecular formula is C13H16N4. The van der Waals surface area contributed by atoms with Crippen LogP contribution in [0, 0.1) is 0 Å². The first-order valence-electron chi connectivity index (χ1n) is 5.79. The first-order chi connectivity index (χ1) is 8.28. The molecule has 0 aliphatic rings.